The van der Waals surface area contributed by atoms with Gasteiger partial charge in [-0.05, 0) is 31.8 Å². The number of aromatic nitrogens is 3. The van der Waals surface area contributed by atoms with Crippen LogP contribution in [-0.4, -0.2) is 39.3 Å². The zero-order valence-electron chi connectivity index (χ0n) is 10.8. The largest absolute Gasteiger partial charge is 0.460 e. The summed E-state index contributed by atoms with van der Waals surface area (Å²) >= 11 is 1.79. The van der Waals surface area contributed by atoms with Gasteiger partial charge in [-0.25, -0.2) is 4.79 Å². The highest BCUT2D eigenvalue weighted by Crippen LogP contribution is 2.11. The fourth-order valence-electron chi connectivity index (χ4n) is 1.60. The van der Waals surface area contributed by atoms with Crippen LogP contribution in [0.5, 0.6) is 0 Å². The minimum absolute atomic E-state index is 0.303. The van der Waals surface area contributed by atoms with Gasteiger partial charge in [0.15, 0.2) is 0 Å². The first-order valence-corrected chi connectivity index (χ1v) is 7.05. The Kier molecular flexibility index (Phi) is 5.47. The van der Waals surface area contributed by atoms with Crippen molar-refractivity contribution in [2.45, 2.75) is 27.3 Å². The lowest BCUT2D eigenvalue weighted by atomic mass is 10.2. The molecule has 5 nitrogen and oxygen atoms in total. The molecule has 0 saturated carbocycles. The Morgan fingerprint density at radius 1 is 1.53 bits per heavy atom. The molecule has 0 fully saturated rings. The Labute approximate surface area is 106 Å². The van der Waals surface area contributed by atoms with Crippen molar-refractivity contribution < 1.29 is 9.53 Å². The van der Waals surface area contributed by atoms with Gasteiger partial charge >= 0.3 is 5.97 Å². The number of aryl methyl sites for hydroxylation is 1. The summed E-state index contributed by atoms with van der Waals surface area (Å²) in [7, 11) is 0. The number of hydrogen-bond acceptors (Lipinski definition) is 5. The van der Waals surface area contributed by atoms with Crippen molar-refractivity contribution in [2.24, 2.45) is 5.92 Å². The van der Waals surface area contributed by atoms with Gasteiger partial charge in [0.1, 0.15) is 5.82 Å². The van der Waals surface area contributed by atoms with E-state index in [1.54, 1.807) is 18.7 Å². The summed E-state index contributed by atoms with van der Waals surface area (Å²) in [5.74, 6) is 2.16. The Morgan fingerprint density at radius 3 is 2.82 bits per heavy atom. The molecule has 0 bridgehead atoms. The third-order valence-electron chi connectivity index (χ3n) is 2.34. The quantitative estimate of drug-likeness (QED) is 0.727. The van der Waals surface area contributed by atoms with E-state index in [-0.39, 0.29) is 0 Å². The van der Waals surface area contributed by atoms with E-state index in [9.17, 15) is 4.79 Å². The average molecular weight is 257 g/mol. The van der Waals surface area contributed by atoms with Crippen LogP contribution in [0.15, 0.2) is 0 Å². The summed E-state index contributed by atoms with van der Waals surface area (Å²) in [6.07, 6.45) is 2.07. The van der Waals surface area contributed by atoms with Crippen LogP contribution in [0.4, 0.5) is 0 Å². The third-order valence-corrected chi connectivity index (χ3v) is 3.24. The molecule has 1 rings (SSSR count). The number of rotatable bonds is 6. The van der Waals surface area contributed by atoms with Gasteiger partial charge in [0.25, 0.3) is 0 Å². The maximum atomic E-state index is 11.7. The van der Waals surface area contributed by atoms with E-state index in [2.05, 4.69) is 23.4 Å². The second-order valence-electron chi connectivity index (χ2n) is 3.96. The number of carbonyl (C=O) groups is 1. The molecule has 0 aliphatic heterocycles. The van der Waals surface area contributed by atoms with Gasteiger partial charge in [0.2, 0.25) is 5.82 Å². The van der Waals surface area contributed by atoms with Crippen molar-refractivity contribution in [2.75, 3.05) is 18.6 Å². The summed E-state index contributed by atoms with van der Waals surface area (Å²) in [6.45, 7) is 6.87. The lowest BCUT2D eigenvalue weighted by molar-refractivity contribution is 0.0504. The Bertz CT molecular complexity index is 379. The highest BCUT2D eigenvalue weighted by Gasteiger charge is 2.19. The molecule has 0 amide bonds. The van der Waals surface area contributed by atoms with Crippen LogP contribution in [0.3, 0.4) is 0 Å². The van der Waals surface area contributed by atoms with Gasteiger partial charge in [0.05, 0.1) is 6.61 Å². The number of thioether (sulfide) groups is 1. The molecule has 1 atom stereocenters. The molecule has 0 aliphatic rings. The Morgan fingerprint density at radius 2 is 2.24 bits per heavy atom. The van der Waals surface area contributed by atoms with E-state index in [1.165, 1.54) is 0 Å². The zero-order valence-corrected chi connectivity index (χ0v) is 11.6. The van der Waals surface area contributed by atoms with Gasteiger partial charge < -0.3 is 9.30 Å². The summed E-state index contributed by atoms with van der Waals surface area (Å²) < 4.78 is 6.79. The van der Waals surface area contributed by atoms with Gasteiger partial charge in [-0.2, -0.15) is 11.8 Å². The van der Waals surface area contributed by atoms with Crippen LogP contribution in [0.2, 0.25) is 0 Å². The smallest absolute Gasteiger partial charge is 0.376 e. The topological polar surface area (TPSA) is 57.0 Å². The molecule has 17 heavy (non-hydrogen) atoms. The highest BCUT2D eigenvalue weighted by atomic mass is 32.2. The van der Waals surface area contributed by atoms with E-state index in [0.29, 0.717) is 18.3 Å². The molecule has 0 N–H and O–H groups in total. The first-order valence-electron chi connectivity index (χ1n) is 5.66. The van der Waals surface area contributed by atoms with Crippen molar-refractivity contribution in [1.29, 1.82) is 0 Å². The molecule has 1 unspecified atom stereocenters. The van der Waals surface area contributed by atoms with E-state index in [1.807, 2.05) is 11.5 Å². The molecule has 0 saturated heterocycles. The Hall–Kier alpha value is -1.04. The number of nitrogens with zero attached hydrogens (tertiary/aromatic N) is 3. The van der Waals surface area contributed by atoms with E-state index >= 15 is 0 Å². The molecule has 0 aromatic carbocycles. The first-order chi connectivity index (χ1) is 8.10. The minimum Gasteiger partial charge on any atom is -0.460 e. The van der Waals surface area contributed by atoms with Gasteiger partial charge in [-0.15, -0.1) is 10.2 Å². The standard InChI is InChI=1S/C11H19N3O2S/c1-5-16-11(15)10-13-12-9(3)14(10)6-8(2)7-17-4/h8H,5-7H2,1-4H3. The second kappa shape index (κ2) is 6.64. The van der Waals surface area contributed by atoms with E-state index in [4.69, 9.17) is 4.74 Å². The van der Waals surface area contributed by atoms with Crippen LogP contribution in [0.25, 0.3) is 0 Å². The third kappa shape index (κ3) is 3.73. The lowest BCUT2D eigenvalue weighted by Crippen LogP contribution is -2.18. The molecular weight excluding hydrogens is 238 g/mol. The summed E-state index contributed by atoms with van der Waals surface area (Å²) in [4.78, 5) is 11.7. The monoisotopic (exact) mass is 257 g/mol. The van der Waals surface area contributed by atoms with E-state index in [0.717, 1.165) is 18.1 Å². The van der Waals surface area contributed by atoms with Crippen LogP contribution in [0.1, 0.15) is 30.3 Å². The normalized spacial score (nSPS) is 12.5. The molecule has 1 heterocycles. The van der Waals surface area contributed by atoms with Crippen molar-refractivity contribution in [3.05, 3.63) is 11.6 Å². The van der Waals surface area contributed by atoms with Gasteiger partial charge in [-0.3, -0.25) is 0 Å². The van der Waals surface area contributed by atoms with Crippen molar-refractivity contribution in [3.8, 4) is 0 Å². The van der Waals surface area contributed by atoms with Crippen molar-refractivity contribution >= 4 is 17.7 Å². The second-order valence-corrected chi connectivity index (χ2v) is 4.87. The maximum absolute atomic E-state index is 11.7. The molecule has 0 aliphatic carbocycles. The van der Waals surface area contributed by atoms with Gasteiger partial charge in [-0.1, -0.05) is 6.92 Å². The fraction of sp³-hybridized carbons (Fsp3) is 0.727. The maximum Gasteiger partial charge on any atom is 0.376 e. The fourth-order valence-corrected chi connectivity index (χ4v) is 2.27. The summed E-state index contributed by atoms with van der Waals surface area (Å²) in [5, 5.41) is 7.82. The molecule has 1 aromatic rings. The highest BCUT2D eigenvalue weighted by molar-refractivity contribution is 7.98. The number of carbonyl (C=O) groups excluding carboxylic acids is 1. The SMILES string of the molecule is CCOC(=O)c1nnc(C)n1CC(C)CSC. The van der Waals surface area contributed by atoms with E-state index < -0.39 is 5.97 Å². The zero-order chi connectivity index (χ0) is 12.8. The van der Waals surface area contributed by atoms with Crippen molar-refractivity contribution in [1.82, 2.24) is 14.8 Å². The summed E-state index contributed by atoms with van der Waals surface area (Å²) in [5.41, 5.74) is 0. The first kappa shape index (κ1) is 14.0. The van der Waals surface area contributed by atoms with Crippen LogP contribution >= 0.6 is 11.8 Å². The molecule has 1 aromatic heterocycles. The summed E-state index contributed by atoms with van der Waals surface area (Å²) in [6, 6.07) is 0. The lowest BCUT2D eigenvalue weighted by Gasteiger charge is -2.13. The molecule has 6 heteroatoms. The van der Waals surface area contributed by atoms with Gasteiger partial charge in [0, 0.05) is 6.54 Å². The Balaban J connectivity index is 2.82. The van der Waals surface area contributed by atoms with Crippen LogP contribution in [-0.2, 0) is 11.3 Å². The van der Waals surface area contributed by atoms with Crippen LogP contribution in [0, 0.1) is 12.8 Å². The predicted molar refractivity (Wildman–Crippen MR) is 68.3 cm³/mol. The molecular formula is C11H19N3O2S. The number of ether oxygens (including phenoxy) is 1. The van der Waals surface area contributed by atoms with Crippen molar-refractivity contribution in [3.63, 3.8) is 0 Å². The number of esters is 1. The molecule has 96 valence electrons. The predicted octanol–water partition coefficient (Wildman–Crippen LogP) is 1.76. The number of hydrogen-bond donors (Lipinski definition) is 0. The van der Waals surface area contributed by atoms with Crippen LogP contribution < -0.4 is 0 Å². The molecule has 0 radical (unpaired) electrons. The average Bonchev–Trinajstić information content (AvgIpc) is 2.61. The minimum atomic E-state index is -0.399. The molecule has 0 spiro atoms.